The summed E-state index contributed by atoms with van der Waals surface area (Å²) in [5.74, 6) is 0. The van der Waals surface area contributed by atoms with Gasteiger partial charge in [0.05, 0.1) is 6.04 Å². The highest BCUT2D eigenvalue weighted by Gasteiger charge is 2.23. The normalized spacial score (nSPS) is 22.9. The van der Waals surface area contributed by atoms with E-state index in [4.69, 9.17) is 0 Å². The minimum atomic E-state index is 0.0369. The Labute approximate surface area is 88.4 Å². The molecule has 1 atom stereocenters. The Balaban J connectivity index is 2.03. The Bertz CT molecular complexity index is 337. The molecule has 5 heteroatoms. The molecule has 1 unspecified atom stereocenters. The van der Waals surface area contributed by atoms with E-state index in [2.05, 4.69) is 19.8 Å². The van der Waals surface area contributed by atoms with Gasteiger partial charge in [-0.05, 0) is 26.3 Å². The van der Waals surface area contributed by atoms with Crippen molar-refractivity contribution in [2.75, 3.05) is 6.54 Å². The van der Waals surface area contributed by atoms with E-state index < -0.39 is 0 Å². The Kier molecular flexibility index (Phi) is 3.11. The minimum absolute atomic E-state index is 0.0369. The smallest absolute Gasteiger partial charge is 0.137 e. The minimum Gasteiger partial charge on any atom is -0.302 e. The lowest BCUT2D eigenvalue weighted by Crippen LogP contribution is -2.40. The fraction of sp³-hybridized carbons (Fsp3) is 0.700. The van der Waals surface area contributed by atoms with Crippen molar-refractivity contribution in [2.45, 2.75) is 38.8 Å². The van der Waals surface area contributed by atoms with Crippen molar-refractivity contribution in [3.05, 3.63) is 11.4 Å². The largest absolute Gasteiger partial charge is 0.302 e. The van der Waals surface area contributed by atoms with Crippen LogP contribution in [0.25, 0.3) is 0 Å². The van der Waals surface area contributed by atoms with Crippen LogP contribution in [0.1, 0.15) is 30.7 Å². The van der Waals surface area contributed by atoms with Gasteiger partial charge < -0.3 is 4.79 Å². The number of likely N-dealkylation sites (tertiary alicyclic amines) is 1. The molecule has 82 valence electrons. The van der Waals surface area contributed by atoms with E-state index in [1.165, 1.54) is 0 Å². The summed E-state index contributed by atoms with van der Waals surface area (Å²) in [5, 5.41) is 7.57. The van der Waals surface area contributed by atoms with E-state index >= 15 is 0 Å². The highest BCUT2D eigenvalue weighted by molar-refractivity contribution is 5.57. The zero-order chi connectivity index (χ0) is 10.7. The second kappa shape index (κ2) is 4.53. The topological polar surface area (TPSA) is 59.2 Å². The van der Waals surface area contributed by atoms with Crippen LogP contribution in [0.5, 0.6) is 0 Å². The standard InChI is InChI=1S/C10H15N3O2/c1-8-10(12-15-11-8)6-13-5-3-2-4-9(13)7-14/h7,9H,2-6H2,1H3. The molecular weight excluding hydrogens is 194 g/mol. The Morgan fingerprint density at radius 1 is 1.53 bits per heavy atom. The van der Waals surface area contributed by atoms with Gasteiger partial charge in [-0.25, -0.2) is 4.63 Å². The quantitative estimate of drug-likeness (QED) is 0.693. The predicted molar refractivity (Wildman–Crippen MR) is 53.1 cm³/mol. The summed E-state index contributed by atoms with van der Waals surface area (Å²) in [6.07, 6.45) is 4.26. The van der Waals surface area contributed by atoms with Gasteiger partial charge in [0.2, 0.25) is 0 Å². The molecule has 1 aliphatic rings. The molecule has 0 saturated carbocycles. The summed E-state index contributed by atoms with van der Waals surface area (Å²) in [7, 11) is 0. The monoisotopic (exact) mass is 209 g/mol. The predicted octanol–water partition coefficient (Wildman–Crippen LogP) is 0.931. The van der Waals surface area contributed by atoms with Crippen LogP contribution in [0.4, 0.5) is 0 Å². The second-order valence-corrected chi connectivity index (χ2v) is 3.97. The number of hydrogen-bond donors (Lipinski definition) is 0. The van der Waals surface area contributed by atoms with Crippen LogP contribution in [0.2, 0.25) is 0 Å². The van der Waals surface area contributed by atoms with Crippen LogP contribution in [-0.4, -0.2) is 34.1 Å². The fourth-order valence-corrected chi connectivity index (χ4v) is 1.95. The molecule has 0 radical (unpaired) electrons. The van der Waals surface area contributed by atoms with Gasteiger partial charge in [-0.1, -0.05) is 16.7 Å². The molecule has 0 aromatic carbocycles. The van der Waals surface area contributed by atoms with Crippen LogP contribution in [-0.2, 0) is 11.3 Å². The van der Waals surface area contributed by atoms with Crippen LogP contribution in [0.3, 0.4) is 0 Å². The molecule has 1 saturated heterocycles. The highest BCUT2D eigenvalue weighted by atomic mass is 16.6. The number of hydrogen-bond acceptors (Lipinski definition) is 5. The number of piperidine rings is 1. The number of aldehydes is 1. The zero-order valence-corrected chi connectivity index (χ0v) is 8.85. The van der Waals surface area contributed by atoms with Crippen molar-refractivity contribution < 1.29 is 9.42 Å². The molecule has 0 N–H and O–H groups in total. The number of nitrogens with zero attached hydrogens (tertiary/aromatic N) is 3. The van der Waals surface area contributed by atoms with Crippen molar-refractivity contribution in [2.24, 2.45) is 0 Å². The zero-order valence-electron chi connectivity index (χ0n) is 8.85. The maximum Gasteiger partial charge on any atom is 0.137 e. The molecule has 15 heavy (non-hydrogen) atoms. The third-order valence-electron chi connectivity index (χ3n) is 2.92. The van der Waals surface area contributed by atoms with Gasteiger partial charge in [0.1, 0.15) is 17.7 Å². The average Bonchev–Trinajstić information content (AvgIpc) is 2.65. The third kappa shape index (κ3) is 2.23. The summed E-state index contributed by atoms with van der Waals surface area (Å²) >= 11 is 0. The highest BCUT2D eigenvalue weighted by Crippen LogP contribution is 2.18. The van der Waals surface area contributed by atoms with Crippen LogP contribution >= 0.6 is 0 Å². The van der Waals surface area contributed by atoms with E-state index in [9.17, 15) is 4.79 Å². The molecule has 0 aliphatic carbocycles. The number of carbonyl (C=O) groups excluding carboxylic acids is 1. The first kappa shape index (κ1) is 10.3. The van der Waals surface area contributed by atoms with E-state index in [0.29, 0.717) is 6.54 Å². The summed E-state index contributed by atoms with van der Waals surface area (Å²) < 4.78 is 4.64. The first-order valence-electron chi connectivity index (χ1n) is 5.28. The Morgan fingerprint density at radius 3 is 3.07 bits per heavy atom. The molecular formula is C10H15N3O2. The Morgan fingerprint density at radius 2 is 2.40 bits per heavy atom. The maximum atomic E-state index is 10.9. The molecule has 5 nitrogen and oxygen atoms in total. The molecule has 1 fully saturated rings. The molecule has 2 rings (SSSR count). The summed E-state index contributed by atoms with van der Waals surface area (Å²) in [6.45, 7) is 3.49. The first-order chi connectivity index (χ1) is 7.31. The summed E-state index contributed by atoms with van der Waals surface area (Å²) in [6, 6.07) is 0.0369. The maximum absolute atomic E-state index is 10.9. The van der Waals surface area contributed by atoms with Crippen molar-refractivity contribution in [3.8, 4) is 0 Å². The van der Waals surface area contributed by atoms with Crippen LogP contribution < -0.4 is 0 Å². The van der Waals surface area contributed by atoms with Crippen molar-refractivity contribution in [1.29, 1.82) is 0 Å². The number of carbonyl (C=O) groups is 1. The van der Waals surface area contributed by atoms with Gasteiger partial charge >= 0.3 is 0 Å². The van der Waals surface area contributed by atoms with Gasteiger partial charge in [-0.15, -0.1) is 0 Å². The molecule has 0 amide bonds. The Hall–Kier alpha value is -1.23. The molecule has 0 spiro atoms. The van der Waals surface area contributed by atoms with Gasteiger partial charge in [-0.3, -0.25) is 4.90 Å². The lowest BCUT2D eigenvalue weighted by molar-refractivity contribution is -0.113. The van der Waals surface area contributed by atoms with Crippen molar-refractivity contribution >= 4 is 6.29 Å². The molecule has 1 aliphatic heterocycles. The average molecular weight is 209 g/mol. The molecule has 2 heterocycles. The van der Waals surface area contributed by atoms with Gasteiger partial charge in [0.25, 0.3) is 0 Å². The summed E-state index contributed by atoms with van der Waals surface area (Å²) in [4.78, 5) is 13.0. The lowest BCUT2D eigenvalue weighted by atomic mass is 10.0. The van der Waals surface area contributed by atoms with E-state index in [1.54, 1.807) is 0 Å². The summed E-state index contributed by atoms with van der Waals surface area (Å²) in [5.41, 5.74) is 1.65. The van der Waals surface area contributed by atoms with E-state index in [0.717, 1.165) is 43.5 Å². The number of rotatable bonds is 3. The van der Waals surface area contributed by atoms with Crippen LogP contribution in [0.15, 0.2) is 4.63 Å². The van der Waals surface area contributed by atoms with Crippen molar-refractivity contribution in [1.82, 2.24) is 15.2 Å². The molecule has 0 bridgehead atoms. The number of aromatic nitrogens is 2. The lowest BCUT2D eigenvalue weighted by Gasteiger charge is -2.31. The van der Waals surface area contributed by atoms with Crippen molar-refractivity contribution in [3.63, 3.8) is 0 Å². The first-order valence-corrected chi connectivity index (χ1v) is 5.28. The van der Waals surface area contributed by atoms with Crippen LogP contribution in [0, 0.1) is 6.92 Å². The van der Waals surface area contributed by atoms with Gasteiger partial charge in [0.15, 0.2) is 0 Å². The fourth-order valence-electron chi connectivity index (χ4n) is 1.95. The second-order valence-electron chi connectivity index (χ2n) is 3.97. The van der Waals surface area contributed by atoms with E-state index in [-0.39, 0.29) is 6.04 Å². The SMILES string of the molecule is Cc1nonc1CN1CCCCC1C=O. The third-order valence-corrected chi connectivity index (χ3v) is 2.92. The van der Waals surface area contributed by atoms with E-state index in [1.807, 2.05) is 6.92 Å². The van der Waals surface area contributed by atoms with Gasteiger partial charge in [-0.2, -0.15) is 0 Å². The van der Waals surface area contributed by atoms with Gasteiger partial charge in [0, 0.05) is 6.54 Å². The molecule has 1 aromatic heterocycles. The number of aryl methyl sites for hydroxylation is 1. The molecule has 1 aromatic rings.